The second-order valence-electron chi connectivity index (χ2n) is 14.8. The number of anilines is 1. The number of methoxy groups -OCH3 is 1. The van der Waals surface area contributed by atoms with Gasteiger partial charge in [0.15, 0.2) is 0 Å². The monoisotopic (exact) mass is 709 g/mol. The standard InChI is InChI=1S/C37H48ClN5O5S/c1-24-6-4-8-33(47-3)30-12-9-27(30)18-43-22-37(15-5-7-25-16-28(38)11-13-31(25)37)23-48-34-14-10-26(17-32(34)43)35(44)40-49(46,21-24)41-36(45)42-19-29(20-42)39-2/h4,8,10-11,13-14,16-17,24,27,29-30,33,39H,5-7,9,12,15,18-23H2,1-3H3,(H,40,41,44,45,46)/b8-4+/t24-,27-,30+,33-,37-,49?/m0/s1. The summed E-state index contributed by atoms with van der Waals surface area (Å²) >= 11 is 6.45. The first-order chi connectivity index (χ1) is 23.6. The summed E-state index contributed by atoms with van der Waals surface area (Å²) in [5.41, 5.74) is 3.47. The van der Waals surface area contributed by atoms with Crippen molar-refractivity contribution in [3.8, 4) is 5.75 Å². The van der Waals surface area contributed by atoms with Gasteiger partial charge in [-0.2, -0.15) is 0 Å². The van der Waals surface area contributed by atoms with Crippen molar-refractivity contribution in [1.29, 1.82) is 0 Å². The summed E-state index contributed by atoms with van der Waals surface area (Å²) < 4.78 is 34.1. The van der Waals surface area contributed by atoms with Crippen molar-refractivity contribution >= 4 is 39.1 Å². The van der Waals surface area contributed by atoms with Crippen LogP contribution in [-0.4, -0.2) is 85.9 Å². The van der Waals surface area contributed by atoms with Gasteiger partial charge in [0.1, 0.15) is 15.7 Å². The predicted octanol–water partition coefficient (Wildman–Crippen LogP) is 5.59. The zero-order valence-electron chi connectivity index (χ0n) is 28.7. The Morgan fingerprint density at radius 2 is 2.00 bits per heavy atom. The summed E-state index contributed by atoms with van der Waals surface area (Å²) in [6.07, 6.45) is 10.00. The van der Waals surface area contributed by atoms with E-state index in [0.29, 0.717) is 49.3 Å². The third-order valence-electron chi connectivity index (χ3n) is 11.3. The summed E-state index contributed by atoms with van der Waals surface area (Å²) in [5.74, 6) is 0.801. The maximum Gasteiger partial charge on any atom is 0.329 e. The normalized spacial score (nSPS) is 32.4. The highest BCUT2D eigenvalue weighted by molar-refractivity contribution is 7.92. The molecule has 5 aliphatic rings. The van der Waals surface area contributed by atoms with Crippen LogP contribution in [0.5, 0.6) is 5.75 Å². The molecule has 3 amide bonds. The number of halogens is 1. The van der Waals surface area contributed by atoms with Crippen LogP contribution in [-0.2, 0) is 26.5 Å². The molecule has 2 aromatic carbocycles. The Kier molecular flexibility index (Phi) is 9.73. The molecule has 0 aromatic heterocycles. The second-order valence-corrected chi connectivity index (χ2v) is 17.2. The van der Waals surface area contributed by atoms with Crippen LogP contribution < -0.4 is 19.7 Å². The number of benzene rings is 2. The highest BCUT2D eigenvalue weighted by Gasteiger charge is 2.44. The van der Waals surface area contributed by atoms with Gasteiger partial charge < -0.3 is 24.6 Å². The van der Waals surface area contributed by atoms with Gasteiger partial charge in [0.05, 0.1) is 24.2 Å². The van der Waals surface area contributed by atoms with Gasteiger partial charge in [0.25, 0.3) is 5.91 Å². The Labute approximate surface area is 295 Å². The number of likely N-dealkylation sites (N-methyl/N-ethyl adjacent to an activating group) is 1. The SMILES string of the molecule is CNC1CN(C(=O)NS2(=O)=NC(=O)c3ccc4c(c3)N(C[C@@H]3CC[C@H]3[C@@H](OC)/C=C/C[C@H](C)C2)C[C@@]2(CCCc3cc(Cl)ccc32)CO4)C1. The van der Waals surface area contributed by atoms with E-state index in [1.54, 1.807) is 18.1 Å². The van der Waals surface area contributed by atoms with E-state index in [0.717, 1.165) is 55.9 Å². The van der Waals surface area contributed by atoms with Crippen LogP contribution >= 0.6 is 11.6 Å². The number of nitrogens with one attached hydrogen (secondary N) is 2. The van der Waals surface area contributed by atoms with Crippen LogP contribution in [0, 0.1) is 17.8 Å². The third-order valence-corrected chi connectivity index (χ3v) is 13.5. The molecule has 2 N–H and O–H groups in total. The smallest absolute Gasteiger partial charge is 0.329 e. The van der Waals surface area contributed by atoms with E-state index >= 15 is 0 Å². The van der Waals surface area contributed by atoms with Gasteiger partial charge in [-0.3, -0.25) is 9.52 Å². The summed E-state index contributed by atoms with van der Waals surface area (Å²) in [4.78, 5) is 31.1. The molecule has 0 radical (unpaired) electrons. The molecule has 1 unspecified atom stereocenters. The molecule has 10 nitrogen and oxygen atoms in total. The zero-order valence-corrected chi connectivity index (χ0v) is 30.2. The number of aryl methyl sites for hydroxylation is 1. The molecule has 1 spiro atoms. The van der Waals surface area contributed by atoms with Crippen molar-refractivity contribution in [2.45, 2.75) is 63.0 Å². The number of carbonyl (C=O) groups excluding carboxylic acids is 2. The number of hydrogen-bond acceptors (Lipinski definition) is 7. The van der Waals surface area contributed by atoms with E-state index in [2.05, 4.69) is 43.6 Å². The highest BCUT2D eigenvalue weighted by atomic mass is 35.5. The van der Waals surface area contributed by atoms with Crippen molar-refractivity contribution in [3.63, 3.8) is 0 Å². The van der Waals surface area contributed by atoms with Crippen LogP contribution in [0.25, 0.3) is 0 Å². The minimum absolute atomic E-state index is 0.0405. The molecule has 1 saturated heterocycles. The van der Waals surface area contributed by atoms with Gasteiger partial charge in [-0.15, -0.1) is 4.36 Å². The molecule has 2 bridgehead atoms. The first-order valence-electron chi connectivity index (χ1n) is 17.6. The van der Waals surface area contributed by atoms with Crippen LogP contribution in [0.15, 0.2) is 52.9 Å². The van der Waals surface area contributed by atoms with Crippen LogP contribution in [0.3, 0.4) is 0 Å². The molecule has 6 atom stereocenters. The van der Waals surface area contributed by atoms with Gasteiger partial charge in [0, 0.05) is 55.3 Å². The lowest BCUT2D eigenvalue weighted by Gasteiger charge is -2.46. The highest BCUT2D eigenvalue weighted by Crippen LogP contribution is 2.47. The molecule has 12 heteroatoms. The molecule has 2 fully saturated rings. The number of fused-ring (bicyclic) bond motifs is 4. The van der Waals surface area contributed by atoms with Gasteiger partial charge in [-0.25, -0.2) is 9.00 Å². The minimum Gasteiger partial charge on any atom is -0.490 e. The molecule has 49 heavy (non-hydrogen) atoms. The summed E-state index contributed by atoms with van der Waals surface area (Å²) in [6.45, 7) is 5.02. The van der Waals surface area contributed by atoms with Crippen LogP contribution in [0.1, 0.15) is 60.5 Å². The summed E-state index contributed by atoms with van der Waals surface area (Å²) in [6, 6.07) is 11.4. The maximum atomic E-state index is 14.4. The van der Waals surface area contributed by atoms with Crippen LogP contribution in [0.4, 0.5) is 10.5 Å². The summed E-state index contributed by atoms with van der Waals surface area (Å²) in [5, 5.41) is 3.89. The van der Waals surface area contributed by atoms with Crippen LogP contribution in [0.2, 0.25) is 5.02 Å². The number of allylic oxidation sites excluding steroid dienone is 1. The zero-order chi connectivity index (χ0) is 34.3. The molecule has 2 aromatic rings. The first-order valence-corrected chi connectivity index (χ1v) is 19.7. The number of amides is 3. The average molecular weight is 710 g/mol. The van der Waals surface area contributed by atoms with E-state index in [-0.39, 0.29) is 29.2 Å². The summed E-state index contributed by atoms with van der Waals surface area (Å²) in [7, 11) is 0.175. The number of hydrogen-bond donors (Lipinski definition) is 2. The molecule has 3 aliphatic heterocycles. The molecule has 2 aliphatic carbocycles. The fourth-order valence-corrected chi connectivity index (χ4v) is 10.5. The first kappa shape index (κ1) is 34.3. The van der Waals surface area contributed by atoms with E-state index in [1.807, 2.05) is 32.2 Å². The molecule has 7 rings (SSSR count). The van der Waals surface area contributed by atoms with Crippen molar-refractivity contribution in [3.05, 3.63) is 70.3 Å². The quantitative estimate of drug-likeness (QED) is 0.400. The van der Waals surface area contributed by atoms with Crippen molar-refractivity contribution in [2.75, 3.05) is 57.6 Å². The topological polar surface area (TPSA) is 113 Å². The van der Waals surface area contributed by atoms with Gasteiger partial charge in [-0.05, 0) is 105 Å². The number of rotatable bonds is 3. The minimum atomic E-state index is -3.44. The molecule has 1 saturated carbocycles. The Hall–Kier alpha value is -3.12. The Morgan fingerprint density at radius 1 is 1.16 bits per heavy atom. The average Bonchev–Trinajstić information content (AvgIpc) is 3.18. The largest absolute Gasteiger partial charge is 0.490 e. The number of nitrogens with zero attached hydrogens (tertiary/aromatic N) is 3. The van der Waals surface area contributed by atoms with Crippen molar-refractivity contribution in [1.82, 2.24) is 14.9 Å². The lowest BCUT2D eigenvalue weighted by molar-refractivity contribution is 0.0131. The molecular weight excluding hydrogens is 662 g/mol. The van der Waals surface area contributed by atoms with Gasteiger partial charge in [0.2, 0.25) is 0 Å². The van der Waals surface area contributed by atoms with E-state index < -0.39 is 21.9 Å². The Morgan fingerprint density at radius 3 is 2.76 bits per heavy atom. The van der Waals surface area contributed by atoms with Crippen molar-refractivity contribution in [2.24, 2.45) is 22.1 Å². The molecule has 3 heterocycles. The fourth-order valence-electron chi connectivity index (χ4n) is 8.40. The third kappa shape index (κ3) is 6.96. The lowest BCUT2D eigenvalue weighted by Crippen LogP contribution is -2.61. The number of carbonyl (C=O) groups is 2. The second kappa shape index (κ2) is 13.9. The van der Waals surface area contributed by atoms with E-state index in [4.69, 9.17) is 21.1 Å². The molecule has 264 valence electrons. The Balaban J connectivity index is 1.28. The predicted molar refractivity (Wildman–Crippen MR) is 193 cm³/mol. The maximum absolute atomic E-state index is 14.4. The van der Waals surface area contributed by atoms with Gasteiger partial charge >= 0.3 is 6.03 Å². The Bertz CT molecular complexity index is 1750. The molecular formula is C37H48ClN5O5S. The number of likely N-dealkylation sites (tertiary alicyclic amines) is 1. The lowest BCUT2D eigenvalue weighted by atomic mass is 9.68. The van der Waals surface area contributed by atoms with Gasteiger partial charge in [-0.1, -0.05) is 36.7 Å². The number of urea groups is 1. The fraction of sp³-hybridized carbons (Fsp3) is 0.568. The number of ether oxygens (including phenoxy) is 2. The van der Waals surface area contributed by atoms with E-state index in [9.17, 15) is 13.8 Å². The van der Waals surface area contributed by atoms with Crippen molar-refractivity contribution < 1.29 is 23.3 Å². The van der Waals surface area contributed by atoms with E-state index in [1.165, 1.54) is 11.1 Å².